The Labute approximate surface area is 116 Å². The zero-order valence-corrected chi connectivity index (χ0v) is 12.1. The molecule has 19 heavy (non-hydrogen) atoms. The molecule has 0 aromatic carbocycles. The zero-order chi connectivity index (χ0) is 13.9. The van der Waals surface area contributed by atoms with E-state index >= 15 is 0 Å². The second-order valence-corrected chi connectivity index (χ2v) is 6.02. The molecule has 1 aliphatic carbocycles. The molecule has 8 heteroatoms. The van der Waals surface area contributed by atoms with Crippen molar-refractivity contribution in [1.29, 1.82) is 0 Å². The SMILES string of the molecule is CNC(C)(CSc1nnnn1C1CCCC1)C(N)=O. The molecule has 0 aliphatic heterocycles. The van der Waals surface area contributed by atoms with E-state index in [1.165, 1.54) is 24.6 Å². The van der Waals surface area contributed by atoms with Gasteiger partial charge in [0.05, 0.1) is 6.04 Å². The van der Waals surface area contributed by atoms with E-state index in [2.05, 4.69) is 20.8 Å². The highest BCUT2D eigenvalue weighted by Crippen LogP contribution is 2.32. The summed E-state index contributed by atoms with van der Waals surface area (Å²) >= 11 is 1.46. The van der Waals surface area contributed by atoms with E-state index in [4.69, 9.17) is 5.73 Å². The average Bonchev–Trinajstić information content (AvgIpc) is 3.05. The molecule has 1 heterocycles. The van der Waals surface area contributed by atoms with Gasteiger partial charge in [-0.1, -0.05) is 24.6 Å². The van der Waals surface area contributed by atoms with Crippen LogP contribution in [0.4, 0.5) is 0 Å². The first-order chi connectivity index (χ1) is 9.07. The molecule has 7 nitrogen and oxygen atoms in total. The highest BCUT2D eigenvalue weighted by Gasteiger charge is 2.30. The van der Waals surface area contributed by atoms with Gasteiger partial charge in [-0.15, -0.1) is 5.10 Å². The number of hydrogen-bond acceptors (Lipinski definition) is 6. The van der Waals surface area contributed by atoms with Crippen LogP contribution in [-0.4, -0.2) is 44.5 Å². The van der Waals surface area contributed by atoms with Crippen LogP contribution in [0.25, 0.3) is 0 Å². The van der Waals surface area contributed by atoms with Crippen LogP contribution in [0.15, 0.2) is 5.16 Å². The summed E-state index contributed by atoms with van der Waals surface area (Å²) in [5.41, 5.74) is 4.66. The van der Waals surface area contributed by atoms with Crippen LogP contribution in [0.3, 0.4) is 0 Å². The van der Waals surface area contributed by atoms with Crippen LogP contribution in [0.1, 0.15) is 38.6 Å². The molecule has 1 amide bonds. The molecule has 0 saturated heterocycles. The summed E-state index contributed by atoms with van der Waals surface area (Å²) < 4.78 is 1.88. The van der Waals surface area contributed by atoms with E-state index in [0.29, 0.717) is 11.8 Å². The van der Waals surface area contributed by atoms with E-state index in [1.807, 2.05) is 4.68 Å². The maximum Gasteiger partial charge on any atom is 0.238 e. The number of amides is 1. The lowest BCUT2D eigenvalue weighted by molar-refractivity contribution is -0.122. The predicted octanol–water partition coefficient (Wildman–Crippen LogP) is 0.344. The normalized spacial score (nSPS) is 19.5. The fourth-order valence-corrected chi connectivity index (χ4v) is 3.25. The van der Waals surface area contributed by atoms with Crippen molar-refractivity contribution in [3.8, 4) is 0 Å². The van der Waals surface area contributed by atoms with E-state index in [9.17, 15) is 4.79 Å². The number of primary amides is 1. The van der Waals surface area contributed by atoms with Gasteiger partial charge in [0.1, 0.15) is 5.54 Å². The quantitative estimate of drug-likeness (QED) is 0.731. The lowest BCUT2D eigenvalue weighted by atomic mass is 10.1. The third-order valence-electron chi connectivity index (χ3n) is 3.72. The van der Waals surface area contributed by atoms with Gasteiger partial charge >= 0.3 is 0 Å². The van der Waals surface area contributed by atoms with Crippen molar-refractivity contribution in [2.45, 2.75) is 49.3 Å². The fraction of sp³-hybridized carbons (Fsp3) is 0.818. The molecular weight excluding hydrogens is 264 g/mol. The largest absolute Gasteiger partial charge is 0.368 e. The molecule has 1 atom stereocenters. The smallest absolute Gasteiger partial charge is 0.238 e. The van der Waals surface area contributed by atoms with Crippen LogP contribution in [0.2, 0.25) is 0 Å². The van der Waals surface area contributed by atoms with Crippen LogP contribution in [0, 0.1) is 0 Å². The van der Waals surface area contributed by atoms with Gasteiger partial charge in [0.15, 0.2) is 0 Å². The first kappa shape index (κ1) is 14.3. The number of carbonyl (C=O) groups is 1. The Morgan fingerprint density at radius 1 is 1.58 bits per heavy atom. The van der Waals surface area contributed by atoms with Gasteiger partial charge in [0.25, 0.3) is 0 Å². The predicted molar refractivity (Wildman–Crippen MR) is 72.7 cm³/mol. The maximum absolute atomic E-state index is 11.4. The molecule has 1 aliphatic rings. The van der Waals surface area contributed by atoms with Gasteiger partial charge in [0.2, 0.25) is 11.1 Å². The average molecular weight is 284 g/mol. The summed E-state index contributed by atoms with van der Waals surface area (Å²) in [6.45, 7) is 1.78. The number of nitrogens with two attached hydrogens (primary N) is 1. The third kappa shape index (κ3) is 3.06. The molecule has 1 saturated carbocycles. The van der Waals surface area contributed by atoms with Gasteiger partial charge in [0, 0.05) is 5.75 Å². The number of carbonyl (C=O) groups excluding carboxylic acids is 1. The molecule has 1 unspecified atom stereocenters. The number of thioether (sulfide) groups is 1. The monoisotopic (exact) mass is 284 g/mol. The number of nitrogens with zero attached hydrogens (tertiary/aromatic N) is 4. The lowest BCUT2D eigenvalue weighted by Gasteiger charge is -2.24. The molecule has 0 radical (unpaired) electrons. The lowest BCUT2D eigenvalue weighted by Crippen LogP contribution is -2.53. The number of aromatic nitrogens is 4. The minimum Gasteiger partial charge on any atom is -0.368 e. The summed E-state index contributed by atoms with van der Waals surface area (Å²) in [4.78, 5) is 11.4. The number of nitrogens with one attached hydrogen (secondary N) is 1. The Balaban J connectivity index is 2.03. The molecule has 1 fully saturated rings. The van der Waals surface area contributed by atoms with Crippen LogP contribution >= 0.6 is 11.8 Å². The first-order valence-electron chi connectivity index (χ1n) is 6.46. The van der Waals surface area contributed by atoms with Gasteiger partial charge in [-0.3, -0.25) is 4.79 Å². The van der Waals surface area contributed by atoms with Crippen LogP contribution in [-0.2, 0) is 4.79 Å². The second kappa shape index (κ2) is 5.87. The fourth-order valence-electron chi connectivity index (χ4n) is 2.13. The molecule has 106 valence electrons. The Bertz CT molecular complexity index is 444. The minimum atomic E-state index is -0.753. The minimum absolute atomic E-state index is 0.373. The van der Waals surface area contributed by atoms with E-state index < -0.39 is 5.54 Å². The van der Waals surface area contributed by atoms with Crippen LogP contribution < -0.4 is 11.1 Å². The van der Waals surface area contributed by atoms with Crippen molar-refractivity contribution in [3.05, 3.63) is 0 Å². The van der Waals surface area contributed by atoms with Gasteiger partial charge in [-0.25, -0.2) is 4.68 Å². The summed E-state index contributed by atoms with van der Waals surface area (Å²) in [6.07, 6.45) is 4.70. The highest BCUT2D eigenvalue weighted by atomic mass is 32.2. The first-order valence-corrected chi connectivity index (χ1v) is 7.45. The number of tetrazole rings is 1. The summed E-state index contributed by atoms with van der Waals surface area (Å²) in [6, 6.07) is 0.395. The van der Waals surface area contributed by atoms with Crippen LogP contribution in [0.5, 0.6) is 0 Å². The van der Waals surface area contributed by atoms with E-state index in [0.717, 1.165) is 18.0 Å². The van der Waals surface area contributed by atoms with Crippen molar-refractivity contribution in [1.82, 2.24) is 25.5 Å². The molecule has 0 spiro atoms. The molecule has 3 N–H and O–H groups in total. The van der Waals surface area contributed by atoms with Crippen molar-refractivity contribution >= 4 is 17.7 Å². The number of hydrogen-bond donors (Lipinski definition) is 2. The van der Waals surface area contributed by atoms with Gasteiger partial charge in [-0.05, 0) is 37.2 Å². The maximum atomic E-state index is 11.4. The molecular formula is C11H20N6OS. The van der Waals surface area contributed by atoms with Crippen molar-refractivity contribution in [2.24, 2.45) is 5.73 Å². The Morgan fingerprint density at radius 3 is 2.84 bits per heavy atom. The van der Waals surface area contributed by atoms with Gasteiger partial charge in [-0.2, -0.15) is 0 Å². The van der Waals surface area contributed by atoms with Gasteiger partial charge < -0.3 is 11.1 Å². The topological polar surface area (TPSA) is 98.7 Å². The highest BCUT2D eigenvalue weighted by molar-refractivity contribution is 7.99. The molecule has 0 bridgehead atoms. The summed E-state index contributed by atoms with van der Waals surface area (Å²) in [5.74, 6) is 0.133. The Morgan fingerprint density at radius 2 is 2.26 bits per heavy atom. The molecule has 1 aromatic rings. The summed E-state index contributed by atoms with van der Waals surface area (Å²) in [5, 5.41) is 15.6. The number of rotatable bonds is 6. The second-order valence-electron chi connectivity index (χ2n) is 5.08. The van der Waals surface area contributed by atoms with Crippen molar-refractivity contribution < 1.29 is 4.79 Å². The van der Waals surface area contributed by atoms with Crippen molar-refractivity contribution in [3.63, 3.8) is 0 Å². The third-order valence-corrected chi connectivity index (χ3v) is 4.97. The Hall–Kier alpha value is -1.15. The summed E-state index contributed by atoms with van der Waals surface area (Å²) in [7, 11) is 1.73. The zero-order valence-electron chi connectivity index (χ0n) is 11.3. The molecule has 1 aromatic heterocycles. The molecule has 2 rings (SSSR count). The number of likely N-dealkylation sites (N-methyl/N-ethyl adjacent to an activating group) is 1. The Kier molecular flexibility index (Phi) is 4.41. The van der Waals surface area contributed by atoms with Crippen molar-refractivity contribution in [2.75, 3.05) is 12.8 Å². The van der Waals surface area contributed by atoms with E-state index in [1.54, 1.807) is 14.0 Å². The standard InChI is InChI=1S/C11H20N6OS/c1-11(13-2,9(12)18)7-19-10-14-15-16-17(10)8-5-3-4-6-8/h8,13H,3-7H2,1-2H3,(H2,12,18). The van der Waals surface area contributed by atoms with E-state index in [-0.39, 0.29) is 5.91 Å².